The van der Waals surface area contributed by atoms with Crippen LogP contribution in [0.3, 0.4) is 0 Å². The van der Waals surface area contributed by atoms with Gasteiger partial charge in [-0.05, 0) is 37.3 Å². The van der Waals surface area contributed by atoms with Crippen LogP contribution in [0, 0.1) is 0 Å². The molecule has 1 amide bonds. The van der Waals surface area contributed by atoms with Crippen molar-refractivity contribution in [2.75, 3.05) is 30.1 Å². The average molecular weight is 447 g/mol. The number of hydrogen-bond donors (Lipinski definition) is 1. The summed E-state index contributed by atoms with van der Waals surface area (Å²) < 4.78 is 36.0. The molecule has 0 spiro atoms. The number of carbonyl (C=O) groups excluding carboxylic acids is 1. The zero-order valence-corrected chi connectivity index (χ0v) is 18.0. The second-order valence-corrected chi connectivity index (χ2v) is 8.57. The minimum Gasteiger partial charge on any atom is -0.493 e. The van der Waals surface area contributed by atoms with Gasteiger partial charge in [0.15, 0.2) is 11.5 Å². The van der Waals surface area contributed by atoms with Gasteiger partial charge in [-0.15, -0.1) is 0 Å². The van der Waals surface area contributed by atoms with Gasteiger partial charge < -0.3 is 14.8 Å². The van der Waals surface area contributed by atoms with Gasteiger partial charge >= 0.3 is 0 Å². The summed E-state index contributed by atoms with van der Waals surface area (Å²) in [6, 6.07) is 8.12. The Bertz CT molecular complexity index is 982. The van der Waals surface area contributed by atoms with Gasteiger partial charge in [0.25, 0.3) is 0 Å². The number of methoxy groups -OCH3 is 2. The molecule has 2 rings (SSSR count). The summed E-state index contributed by atoms with van der Waals surface area (Å²) in [5, 5.41) is 3.14. The average Bonchev–Trinajstić information content (AvgIpc) is 2.63. The molecule has 152 valence electrons. The van der Waals surface area contributed by atoms with E-state index < -0.39 is 22.0 Å². The van der Waals surface area contributed by atoms with Crippen LogP contribution in [-0.2, 0) is 14.8 Å². The Morgan fingerprint density at radius 1 is 1.04 bits per heavy atom. The molecular formula is C18H20Cl2N2O5S. The fraction of sp³-hybridized carbons (Fsp3) is 0.278. The number of sulfonamides is 1. The molecule has 0 saturated heterocycles. The summed E-state index contributed by atoms with van der Waals surface area (Å²) in [6.45, 7) is 1.47. The smallest absolute Gasteiger partial charge is 0.247 e. The molecule has 0 aromatic heterocycles. The van der Waals surface area contributed by atoms with Crippen LogP contribution in [0.1, 0.15) is 6.92 Å². The van der Waals surface area contributed by atoms with Crippen LogP contribution >= 0.6 is 23.2 Å². The van der Waals surface area contributed by atoms with Gasteiger partial charge in [0.1, 0.15) is 6.04 Å². The monoisotopic (exact) mass is 446 g/mol. The molecule has 0 saturated carbocycles. The summed E-state index contributed by atoms with van der Waals surface area (Å²) in [7, 11) is -0.808. The summed E-state index contributed by atoms with van der Waals surface area (Å²) in [5.41, 5.74) is 0.656. The van der Waals surface area contributed by atoms with Crippen molar-refractivity contribution in [3.8, 4) is 11.5 Å². The minimum absolute atomic E-state index is 0.181. The third kappa shape index (κ3) is 5.01. The number of ether oxygens (including phenoxy) is 2. The first-order chi connectivity index (χ1) is 13.1. The molecule has 0 radical (unpaired) electrons. The van der Waals surface area contributed by atoms with E-state index in [0.29, 0.717) is 17.2 Å². The molecule has 10 heteroatoms. The van der Waals surface area contributed by atoms with Crippen LogP contribution in [0.5, 0.6) is 11.5 Å². The summed E-state index contributed by atoms with van der Waals surface area (Å²) >= 11 is 11.9. The predicted octanol–water partition coefficient (Wildman–Crippen LogP) is 3.80. The van der Waals surface area contributed by atoms with Gasteiger partial charge in [-0.3, -0.25) is 9.10 Å². The quantitative estimate of drug-likeness (QED) is 0.698. The number of nitrogens with zero attached hydrogens (tertiary/aromatic N) is 1. The number of anilines is 2. The van der Waals surface area contributed by atoms with Crippen molar-refractivity contribution in [2.24, 2.45) is 0 Å². The first kappa shape index (κ1) is 22.1. The Balaban J connectivity index is 2.33. The molecule has 0 aliphatic heterocycles. The highest BCUT2D eigenvalue weighted by Gasteiger charge is 2.29. The largest absolute Gasteiger partial charge is 0.493 e. The SMILES string of the molecule is COc1ccc(NC(=O)[C@H](C)N(c2ccc(Cl)c(Cl)c2)S(C)(=O)=O)cc1OC. The highest BCUT2D eigenvalue weighted by Crippen LogP contribution is 2.31. The van der Waals surface area contributed by atoms with Gasteiger partial charge in [-0.2, -0.15) is 0 Å². The van der Waals surface area contributed by atoms with E-state index in [1.165, 1.54) is 39.3 Å². The Hall–Kier alpha value is -2.16. The molecule has 0 aliphatic rings. The fourth-order valence-corrected chi connectivity index (χ4v) is 4.05. The Labute approximate surface area is 174 Å². The molecule has 1 N–H and O–H groups in total. The van der Waals surface area contributed by atoms with Crippen LogP contribution < -0.4 is 19.1 Å². The van der Waals surface area contributed by atoms with Crippen molar-refractivity contribution in [1.29, 1.82) is 0 Å². The van der Waals surface area contributed by atoms with Crippen LogP contribution in [0.2, 0.25) is 10.0 Å². The van der Waals surface area contributed by atoms with Gasteiger partial charge in [-0.1, -0.05) is 23.2 Å². The Morgan fingerprint density at radius 2 is 1.68 bits per heavy atom. The number of benzene rings is 2. The lowest BCUT2D eigenvalue weighted by Gasteiger charge is -2.28. The topological polar surface area (TPSA) is 84.9 Å². The van der Waals surface area contributed by atoms with Crippen LogP contribution in [0.15, 0.2) is 36.4 Å². The van der Waals surface area contributed by atoms with Crippen molar-refractivity contribution in [2.45, 2.75) is 13.0 Å². The maximum atomic E-state index is 12.7. The Morgan fingerprint density at radius 3 is 2.21 bits per heavy atom. The number of rotatable bonds is 7. The molecule has 28 heavy (non-hydrogen) atoms. The zero-order chi connectivity index (χ0) is 21.1. The zero-order valence-electron chi connectivity index (χ0n) is 15.7. The van der Waals surface area contributed by atoms with Gasteiger partial charge in [-0.25, -0.2) is 8.42 Å². The Kier molecular flexibility index (Phi) is 7.03. The van der Waals surface area contributed by atoms with Crippen molar-refractivity contribution in [3.05, 3.63) is 46.4 Å². The summed E-state index contributed by atoms with van der Waals surface area (Å²) in [5.74, 6) is 0.392. The molecule has 0 unspecified atom stereocenters. The molecule has 0 bridgehead atoms. The minimum atomic E-state index is -3.78. The first-order valence-corrected chi connectivity index (χ1v) is 10.7. The number of carbonyl (C=O) groups is 1. The maximum absolute atomic E-state index is 12.7. The van der Waals surface area contributed by atoms with E-state index in [9.17, 15) is 13.2 Å². The number of nitrogens with one attached hydrogen (secondary N) is 1. The second kappa shape index (κ2) is 8.89. The van der Waals surface area contributed by atoms with E-state index in [4.69, 9.17) is 32.7 Å². The standard InChI is InChI=1S/C18H20Cl2N2O5S/c1-11(18(23)21-12-5-8-16(26-2)17(9-12)27-3)22(28(4,24)25)13-6-7-14(19)15(20)10-13/h5-11H,1-4H3,(H,21,23)/t11-/m0/s1. The van der Waals surface area contributed by atoms with E-state index in [1.807, 2.05) is 0 Å². The predicted molar refractivity (Wildman–Crippen MR) is 111 cm³/mol. The molecule has 7 nitrogen and oxygen atoms in total. The van der Waals surface area contributed by atoms with Crippen LogP contribution in [0.4, 0.5) is 11.4 Å². The lowest BCUT2D eigenvalue weighted by atomic mass is 10.2. The van der Waals surface area contributed by atoms with Crippen LogP contribution in [-0.4, -0.2) is 40.8 Å². The van der Waals surface area contributed by atoms with Gasteiger partial charge in [0, 0.05) is 11.8 Å². The molecule has 0 aliphatic carbocycles. The molecule has 2 aromatic rings. The molecule has 2 aromatic carbocycles. The van der Waals surface area contributed by atoms with E-state index in [0.717, 1.165) is 10.6 Å². The molecule has 1 atom stereocenters. The van der Waals surface area contributed by atoms with E-state index in [-0.39, 0.29) is 15.7 Å². The third-order valence-corrected chi connectivity index (χ3v) is 5.88. The van der Waals surface area contributed by atoms with Crippen molar-refractivity contribution < 1.29 is 22.7 Å². The number of hydrogen-bond acceptors (Lipinski definition) is 5. The van der Waals surface area contributed by atoms with Crippen molar-refractivity contribution >= 4 is 50.5 Å². The third-order valence-electron chi connectivity index (χ3n) is 3.90. The lowest BCUT2D eigenvalue weighted by Crippen LogP contribution is -2.45. The van der Waals surface area contributed by atoms with E-state index in [2.05, 4.69) is 5.32 Å². The molecule has 0 fully saturated rings. The summed E-state index contributed by atoms with van der Waals surface area (Å²) in [6.07, 6.45) is 1.01. The van der Waals surface area contributed by atoms with Gasteiger partial charge in [0.05, 0.1) is 36.2 Å². The van der Waals surface area contributed by atoms with Crippen LogP contribution in [0.25, 0.3) is 0 Å². The van der Waals surface area contributed by atoms with Crippen molar-refractivity contribution in [1.82, 2.24) is 0 Å². The van der Waals surface area contributed by atoms with Crippen molar-refractivity contribution in [3.63, 3.8) is 0 Å². The number of amides is 1. The fourth-order valence-electron chi connectivity index (χ4n) is 2.59. The first-order valence-electron chi connectivity index (χ1n) is 8.05. The normalized spacial score (nSPS) is 12.2. The second-order valence-electron chi connectivity index (χ2n) is 5.89. The molecule has 0 heterocycles. The summed E-state index contributed by atoms with van der Waals surface area (Å²) in [4.78, 5) is 12.7. The van der Waals surface area contributed by atoms with E-state index in [1.54, 1.807) is 18.2 Å². The molecular weight excluding hydrogens is 427 g/mol. The highest BCUT2D eigenvalue weighted by atomic mass is 35.5. The van der Waals surface area contributed by atoms with Gasteiger partial charge in [0.2, 0.25) is 15.9 Å². The highest BCUT2D eigenvalue weighted by molar-refractivity contribution is 7.92. The maximum Gasteiger partial charge on any atom is 0.247 e. The lowest BCUT2D eigenvalue weighted by molar-refractivity contribution is -0.116. The van der Waals surface area contributed by atoms with E-state index >= 15 is 0 Å². The number of halogens is 2.